The Hall–Kier alpha value is -3.17. The molecular formula is C19H16ClN7OS. The van der Waals surface area contributed by atoms with Gasteiger partial charge in [0.25, 0.3) is 0 Å². The first-order valence-corrected chi connectivity index (χ1v) is 10.2. The van der Waals surface area contributed by atoms with Gasteiger partial charge in [0.1, 0.15) is 5.82 Å². The van der Waals surface area contributed by atoms with Gasteiger partial charge in [0.15, 0.2) is 0 Å². The Balaban J connectivity index is 1.37. The molecule has 0 aliphatic heterocycles. The standard InChI is InChI=1S/C19H16ClN7OS/c20-13-6-4-5-12(9-13)17-25-16(28-27-17)11-29-10-15-23-18(21)26-19(24-15)22-14-7-2-1-3-8-14/h1-9H,10-11H2,(H3,21,22,23,24,26). The van der Waals surface area contributed by atoms with Gasteiger partial charge in [-0.15, -0.1) is 11.8 Å². The highest BCUT2D eigenvalue weighted by atomic mass is 35.5. The van der Waals surface area contributed by atoms with Crippen LogP contribution in [0.4, 0.5) is 17.6 Å². The molecule has 4 rings (SSSR count). The second-order valence-corrected chi connectivity index (χ2v) is 7.36. The maximum atomic E-state index is 6.00. The first-order chi connectivity index (χ1) is 14.2. The predicted molar refractivity (Wildman–Crippen MR) is 114 cm³/mol. The number of aromatic nitrogens is 5. The molecule has 2 aromatic heterocycles. The lowest BCUT2D eigenvalue weighted by Crippen LogP contribution is -2.06. The fraction of sp³-hybridized carbons (Fsp3) is 0.105. The number of hydrogen-bond acceptors (Lipinski definition) is 9. The number of hydrogen-bond donors (Lipinski definition) is 2. The Morgan fingerprint density at radius 2 is 1.83 bits per heavy atom. The number of para-hydroxylation sites is 1. The third kappa shape index (κ3) is 5.21. The highest BCUT2D eigenvalue weighted by molar-refractivity contribution is 7.97. The molecule has 29 heavy (non-hydrogen) atoms. The summed E-state index contributed by atoms with van der Waals surface area (Å²) >= 11 is 7.54. The van der Waals surface area contributed by atoms with Crippen molar-refractivity contribution in [3.63, 3.8) is 0 Å². The number of nitrogen functional groups attached to an aromatic ring is 1. The van der Waals surface area contributed by atoms with Crippen LogP contribution < -0.4 is 11.1 Å². The summed E-state index contributed by atoms with van der Waals surface area (Å²) in [5.74, 6) is 3.17. The van der Waals surface area contributed by atoms with Gasteiger partial charge >= 0.3 is 0 Å². The molecule has 0 saturated carbocycles. The van der Waals surface area contributed by atoms with Gasteiger partial charge in [0.2, 0.25) is 23.6 Å². The third-order valence-corrected chi connectivity index (χ3v) is 4.89. The van der Waals surface area contributed by atoms with E-state index in [0.29, 0.717) is 40.0 Å². The zero-order valence-corrected chi connectivity index (χ0v) is 16.7. The molecule has 10 heteroatoms. The number of nitrogens with zero attached hydrogens (tertiary/aromatic N) is 5. The van der Waals surface area contributed by atoms with Crippen molar-refractivity contribution in [1.82, 2.24) is 25.1 Å². The molecule has 146 valence electrons. The number of anilines is 3. The van der Waals surface area contributed by atoms with E-state index in [9.17, 15) is 0 Å². The van der Waals surface area contributed by atoms with Crippen LogP contribution in [0.1, 0.15) is 11.7 Å². The fourth-order valence-electron chi connectivity index (χ4n) is 2.50. The minimum Gasteiger partial charge on any atom is -0.368 e. The van der Waals surface area contributed by atoms with Crippen LogP contribution in [0, 0.1) is 0 Å². The molecule has 0 saturated heterocycles. The summed E-state index contributed by atoms with van der Waals surface area (Å²) in [5, 5.41) is 7.74. The maximum Gasteiger partial charge on any atom is 0.236 e. The molecule has 0 fully saturated rings. The molecule has 0 radical (unpaired) electrons. The lowest BCUT2D eigenvalue weighted by atomic mass is 10.2. The minimum absolute atomic E-state index is 0.162. The van der Waals surface area contributed by atoms with E-state index in [1.807, 2.05) is 42.5 Å². The van der Waals surface area contributed by atoms with Crippen molar-refractivity contribution in [2.24, 2.45) is 0 Å². The van der Waals surface area contributed by atoms with Gasteiger partial charge in [-0.25, -0.2) is 0 Å². The summed E-state index contributed by atoms with van der Waals surface area (Å²) in [5.41, 5.74) is 7.49. The average Bonchev–Trinajstić information content (AvgIpc) is 3.17. The Labute approximate surface area is 175 Å². The van der Waals surface area contributed by atoms with Gasteiger partial charge in [-0.2, -0.15) is 19.9 Å². The van der Waals surface area contributed by atoms with Crippen LogP contribution in [-0.4, -0.2) is 25.1 Å². The summed E-state index contributed by atoms with van der Waals surface area (Å²) in [7, 11) is 0. The second-order valence-electron chi connectivity index (χ2n) is 5.94. The summed E-state index contributed by atoms with van der Waals surface area (Å²) in [6.45, 7) is 0. The van der Waals surface area contributed by atoms with Gasteiger partial charge in [0, 0.05) is 16.3 Å². The number of halogens is 1. The normalized spacial score (nSPS) is 10.8. The molecule has 0 unspecified atom stereocenters. The van der Waals surface area contributed by atoms with Crippen LogP contribution in [0.25, 0.3) is 11.4 Å². The highest BCUT2D eigenvalue weighted by Crippen LogP contribution is 2.22. The zero-order valence-electron chi connectivity index (χ0n) is 15.1. The summed E-state index contributed by atoms with van der Waals surface area (Å²) in [6, 6.07) is 16.9. The van der Waals surface area contributed by atoms with Gasteiger partial charge in [-0.05, 0) is 24.3 Å². The SMILES string of the molecule is Nc1nc(CSCc2nc(-c3cccc(Cl)c3)no2)nc(Nc2ccccc2)n1. The summed E-state index contributed by atoms with van der Waals surface area (Å²) < 4.78 is 5.31. The topological polar surface area (TPSA) is 116 Å². The van der Waals surface area contributed by atoms with Crippen molar-refractivity contribution in [2.75, 3.05) is 11.1 Å². The van der Waals surface area contributed by atoms with E-state index in [1.165, 1.54) is 11.8 Å². The van der Waals surface area contributed by atoms with Crippen LogP contribution in [0.3, 0.4) is 0 Å². The molecule has 3 N–H and O–H groups in total. The van der Waals surface area contributed by atoms with Gasteiger partial charge < -0.3 is 15.6 Å². The van der Waals surface area contributed by atoms with Crippen LogP contribution in [0.5, 0.6) is 0 Å². The Morgan fingerprint density at radius 3 is 2.66 bits per heavy atom. The smallest absolute Gasteiger partial charge is 0.236 e. The van der Waals surface area contributed by atoms with Gasteiger partial charge in [-0.3, -0.25) is 0 Å². The number of thioether (sulfide) groups is 1. The van der Waals surface area contributed by atoms with Gasteiger partial charge in [0.05, 0.1) is 11.5 Å². The van der Waals surface area contributed by atoms with E-state index in [-0.39, 0.29) is 5.95 Å². The summed E-state index contributed by atoms with van der Waals surface area (Å²) in [6.07, 6.45) is 0. The molecule has 0 atom stereocenters. The van der Waals surface area contributed by atoms with Crippen LogP contribution in [0.2, 0.25) is 5.02 Å². The molecular weight excluding hydrogens is 410 g/mol. The molecule has 0 bridgehead atoms. The number of rotatable bonds is 7. The molecule has 0 aliphatic carbocycles. The van der Waals surface area contributed by atoms with E-state index < -0.39 is 0 Å². The maximum absolute atomic E-state index is 6.00. The quantitative estimate of drug-likeness (QED) is 0.446. The van der Waals surface area contributed by atoms with Crippen LogP contribution >= 0.6 is 23.4 Å². The molecule has 4 aromatic rings. The molecule has 8 nitrogen and oxygen atoms in total. The fourth-order valence-corrected chi connectivity index (χ4v) is 3.39. The van der Waals surface area contributed by atoms with Gasteiger partial charge in [-0.1, -0.05) is 47.1 Å². The highest BCUT2D eigenvalue weighted by Gasteiger charge is 2.10. The first-order valence-electron chi connectivity index (χ1n) is 8.64. The van der Waals surface area contributed by atoms with Crippen molar-refractivity contribution in [3.05, 3.63) is 71.3 Å². The summed E-state index contributed by atoms with van der Waals surface area (Å²) in [4.78, 5) is 17.1. The minimum atomic E-state index is 0.162. The molecule has 0 amide bonds. The van der Waals surface area contributed by atoms with E-state index in [1.54, 1.807) is 12.1 Å². The monoisotopic (exact) mass is 425 g/mol. The molecule has 2 aromatic carbocycles. The lowest BCUT2D eigenvalue weighted by Gasteiger charge is -2.06. The first kappa shape index (κ1) is 19.2. The van der Waals surface area contributed by atoms with Crippen molar-refractivity contribution in [1.29, 1.82) is 0 Å². The third-order valence-electron chi connectivity index (χ3n) is 3.74. The zero-order chi connectivity index (χ0) is 20.1. The van der Waals surface area contributed by atoms with E-state index in [4.69, 9.17) is 21.9 Å². The van der Waals surface area contributed by atoms with E-state index >= 15 is 0 Å². The van der Waals surface area contributed by atoms with E-state index in [2.05, 4.69) is 30.4 Å². The second kappa shape index (κ2) is 8.89. The Bertz CT molecular complexity index is 1110. The Morgan fingerprint density at radius 1 is 0.966 bits per heavy atom. The Kier molecular flexibility index (Phi) is 5.87. The van der Waals surface area contributed by atoms with Crippen molar-refractivity contribution >= 4 is 40.9 Å². The largest absolute Gasteiger partial charge is 0.368 e. The average molecular weight is 426 g/mol. The van der Waals surface area contributed by atoms with Crippen LogP contribution in [0.15, 0.2) is 59.1 Å². The molecule has 0 aliphatic rings. The lowest BCUT2D eigenvalue weighted by molar-refractivity contribution is 0.391. The molecule has 0 spiro atoms. The number of nitrogens with one attached hydrogen (secondary N) is 1. The van der Waals surface area contributed by atoms with Crippen molar-refractivity contribution in [3.8, 4) is 11.4 Å². The van der Waals surface area contributed by atoms with E-state index in [0.717, 1.165) is 11.3 Å². The van der Waals surface area contributed by atoms with Crippen molar-refractivity contribution in [2.45, 2.75) is 11.5 Å². The van der Waals surface area contributed by atoms with Crippen LogP contribution in [-0.2, 0) is 11.5 Å². The number of benzene rings is 2. The predicted octanol–water partition coefficient (Wildman–Crippen LogP) is 4.33. The number of nitrogens with two attached hydrogens (primary N) is 1. The van der Waals surface area contributed by atoms with Crippen molar-refractivity contribution < 1.29 is 4.52 Å². The molecule has 2 heterocycles.